The Morgan fingerprint density at radius 3 is 2.48 bits per heavy atom. The number of alkyl halides is 3. The van der Waals surface area contributed by atoms with E-state index < -0.39 is 11.7 Å². The number of nitriles is 1. The molecule has 0 spiro atoms. The first kappa shape index (κ1) is 15.6. The van der Waals surface area contributed by atoms with Crippen LogP contribution in [-0.4, -0.2) is 24.3 Å². The van der Waals surface area contributed by atoms with Gasteiger partial charge in [0.25, 0.3) is 0 Å². The summed E-state index contributed by atoms with van der Waals surface area (Å²) in [5, 5.41) is 18.4. The third-order valence-corrected chi connectivity index (χ3v) is 3.86. The van der Waals surface area contributed by atoms with Crippen LogP contribution in [-0.2, 0) is 6.18 Å². The summed E-state index contributed by atoms with van der Waals surface area (Å²) >= 11 is 0. The Bertz CT molecular complexity index is 531. The van der Waals surface area contributed by atoms with Gasteiger partial charge in [-0.3, -0.25) is 0 Å². The van der Waals surface area contributed by atoms with Gasteiger partial charge in [-0.25, -0.2) is 0 Å². The lowest BCUT2D eigenvalue weighted by Crippen LogP contribution is -2.36. The number of aliphatic hydroxyl groups is 1. The largest absolute Gasteiger partial charge is 0.416 e. The van der Waals surface area contributed by atoms with Crippen LogP contribution >= 0.6 is 0 Å². The molecule has 0 aromatic heterocycles. The van der Waals surface area contributed by atoms with Gasteiger partial charge in [0.2, 0.25) is 0 Å². The van der Waals surface area contributed by atoms with E-state index in [0.717, 1.165) is 37.8 Å². The van der Waals surface area contributed by atoms with Crippen molar-refractivity contribution >= 4 is 5.69 Å². The van der Waals surface area contributed by atoms with E-state index >= 15 is 0 Å². The minimum atomic E-state index is -4.46. The maximum absolute atomic E-state index is 12.7. The topological polar surface area (TPSA) is 47.3 Å². The van der Waals surface area contributed by atoms with Crippen LogP contribution in [0.2, 0.25) is 0 Å². The number of aliphatic hydroxyl groups excluding tert-OH is 1. The van der Waals surface area contributed by atoms with Crippen molar-refractivity contribution in [3.8, 4) is 6.07 Å². The van der Waals surface area contributed by atoms with E-state index in [4.69, 9.17) is 5.26 Å². The Morgan fingerprint density at radius 1 is 1.29 bits per heavy atom. The lowest BCUT2D eigenvalue weighted by Gasteiger charge is -2.31. The van der Waals surface area contributed by atoms with Gasteiger partial charge in [-0.05, 0) is 31.0 Å². The molecule has 0 radical (unpaired) electrons. The molecule has 1 fully saturated rings. The van der Waals surface area contributed by atoms with Crippen LogP contribution in [0, 0.1) is 11.3 Å². The van der Waals surface area contributed by atoms with Crippen LogP contribution in [0.15, 0.2) is 18.2 Å². The number of benzene rings is 1. The van der Waals surface area contributed by atoms with Crippen molar-refractivity contribution in [2.75, 3.05) is 18.1 Å². The Labute approximate surface area is 121 Å². The molecule has 1 saturated carbocycles. The maximum Gasteiger partial charge on any atom is 0.416 e. The molecular formula is C15H17F3N2O. The summed E-state index contributed by atoms with van der Waals surface area (Å²) in [5.41, 5.74) is -0.338. The number of hydrogen-bond acceptors (Lipinski definition) is 3. The SMILES string of the molecule is N#Cc1cc(C(F)(F)F)ccc1N(CCO)C1CCCC1. The van der Waals surface area contributed by atoms with Crippen molar-refractivity contribution in [2.45, 2.75) is 37.9 Å². The maximum atomic E-state index is 12.7. The van der Waals surface area contributed by atoms with Gasteiger partial charge in [0, 0.05) is 12.6 Å². The minimum Gasteiger partial charge on any atom is -0.395 e. The molecule has 1 aromatic carbocycles. The van der Waals surface area contributed by atoms with Gasteiger partial charge in [0.05, 0.1) is 23.4 Å². The molecule has 1 aliphatic carbocycles. The third kappa shape index (κ3) is 3.48. The molecule has 21 heavy (non-hydrogen) atoms. The second kappa shape index (κ2) is 6.35. The fourth-order valence-electron chi connectivity index (χ4n) is 2.88. The van der Waals surface area contributed by atoms with E-state index in [-0.39, 0.29) is 18.2 Å². The van der Waals surface area contributed by atoms with Crippen molar-refractivity contribution in [1.29, 1.82) is 5.26 Å². The van der Waals surface area contributed by atoms with Gasteiger partial charge in [-0.15, -0.1) is 0 Å². The van der Waals surface area contributed by atoms with Gasteiger partial charge in [0.15, 0.2) is 0 Å². The quantitative estimate of drug-likeness (QED) is 0.927. The smallest absolute Gasteiger partial charge is 0.395 e. The molecule has 1 aliphatic rings. The molecule has 0 aliphatic heterocycles. The predicted molar refractivity (Wildman–Crippen MR) is 72.8 cm³/mol. The van der Waals surface area contributed by atoms with Gasteiger partial charge >= 0.3 is 6.18 Å². The van der Waals surface area contributed by atoms with Crippen molar-refractivity contribution in [3.63, 3.8) is 0 Å². The number of hydrogen-bond donors (Lipinski definition) is 1. The summed E-state index contributed by atoms with van der Waals surface area (Å²) in [6.07, 6.45) is -0.457. The second-order valence-electron chi connectivity index (χ2n) is 5.20. The van der Waals surface area contributed by atoms with Crippen LogP contribution < -0.4 is 4.90 Å². The van der Waals surface area contributed by atoms with Crippen LogP contribution in [0.1, 0.15) is 36.8 Å². The average molecular weight is 298 g/mol. The number of nitrogens with zero attached hydrogens (tertiary/aromatic N) is 2. The highest BCUT2D eigenvalue weighted by molar-refractivity contribution is 5.61. The number of anilines is 1. The Hall–Kier alpha value is -1.74. The molecule has 6 heteroatoms. The fourth-order valence-corrected chi connectivity index (χ4v) is 2.88. The zero-order valence-electron chi connectivity index (χ0n) is 11.5. The van der Waals surface area contributed by atoms with E-state index in [9.17, 15) is 18.3 Å². The molecule has 1 N–H and O–H groups in total. The second-order valence-corrected chi connectivity index (χ2v) is 5.20. The number of halogens is 3. The summed E-state index contributed by atoms with van der Waals surface area (Å²) in [7, 11) is 0. The summed E-state index contributed by atoms with van der Waals surface area (Å²) in [5.74, 6) is 0. The molecule has 0 unspecified atom stereocenters. The first-order chi connectivity index (χ1) is 9.97. The highest BCUT2D eigenvalue weighted by Gasteiger charge is 2.32. The first-order valence-corrected chi connectivity index (χ1v) is 6.96. The zero-order chi connectivity index (χ0) is 15.5. The molecule has 0 saturated heterocycles. The molecule has 0 amide bonds. The van der Waals surface area contributed by atoms with E-state index in [0.29, 0.717) is 12.2 Å². The summed E-state index contributed by atoms with van der Waals surface area (Å²) < 4.78 is 38.2. The van der Waals surface area contributed by atoms with E-state index in [2.05, 4.69) is 0 Å². The molecular weight excluding hydrogens is 281 g/mol. The standard InChI is InChI=1S/C15H17F3N2O/c16-15(17,18)12-5-6-14(11(9-12)10-19)20(7-8-21)13-3-1-2-4-13/h5-6,9,13,21H,1-4,7-8H2. The van der Waals surface area contributed by atoms with Gasteiger partial charge < -0.3 is 10.0 Å². The first-order valence-electron chi connectivity index (χ1n) is 6.96. The summed E-state index contributed by atoms with van der Waals surface area (Å²) in [4.78, 5) is 1.87. The van der Waals surface area contributed by atoms with Crippen LogP contribution in [0.4, 0.5) is 18.9 Å². The van der Waals surface area contributed by atoms with E-state index in [1.807, 2.05) is 11.0 Å². The van der Waals surface area contributed by atoms with Crippen LogP contribution in [0.5, 0.6) is 0 Å². The zero-order valence-corrected chi connectivity index (χ0v) is 11.5. The highest BCUT2D eigenvalue weighted by Crippen LogP contribution is 2.35. The molecule has 0 atom stereocenters. The third-order valence-electron chi connectivity index (χ3n) is 3.86. The van der Waals surface area contributed by atoms with Crippen LogP contribution in [0.25, 0.3) is 0 Å². The van der Waals surface area contributed by atoms with E-state index in [1.165, 1.54) is 6.07 Å². The van der Waals surface area contributed by atoms with Crippen molar-refractivity contribution in [3.05, 3.63) is 29.3 Å². The molecule has 1 aromatic rings. The van der Waals surface area contributed by atoms with Crippen molar-refractivity contribution < 1.29 is 18.3 Å². The number of rotatable bonds is 4. The molecule has 2 rings (SSSR count). The minimum absolute atomic E-state index is 0.00479. The van der Waals surface area contributed by atoms with E-state index in [1.54, 1.807) is 0 Å². The Balaban J connectivity index is 2.38. The normalized spacial score (nSPS) is 16.0. The van der Waals surface area contributed by atoms with Crippen LogP contribution in [0.3, 0.4) is 0 Å². The summed E-state index contributed by atoms with van der Waals surface area (Å²) in [6, 6.07) is 5.25. The average Bonchev–Trinajstić information content (AvgIpc) is 2.97. The lowest BCUT2D eigenvalue weighted by atomic mass is 10.1. The highest BCUT2D eigenvalue weighted by atomic mass is 19.4. The molecule has 3 nitrogen and oxygen atoms in total. The monoisotopic (exact) mass is 298 g/mol. The van der Waals surface area contributed by atoms with Gasteiger partial charge in [-0.1, -0.05) is 12.8 Å². The Kier molecular flexibility index (Phi) is 4.73. The van der Waals surface area contributed by atoms with Gasteiger partial charge in [0.1, 0.15) is 6.07 Å². The predicted octanol–water partition coefficient (Wildman–Crippen LogP) is 3.32. The lowest BCUT2D eigenvalue weighted by molar-refractivity contribution is -0.137. The van der Waals surface area contributed by atoms with Crippen molar-refractivity contribution in [1.82, 2.24) is 0 Å². The molecule has 114 valence electrons. The van der Waals surface area contributed by atoms with Crippen molar-refractivity contribution in [2.24, 2.45) is 0 Å². The Morgan fingerprint density at radius 2 is 1.95 bits per heavy atom. The summed E-state index contributed by atoms with van der Waals surface area (Å²) in [6.45, 7) is 0.229. The fraction of sp³-hybridized carbons (Fsp3) is 0.533. The molecule has 0 bridgehead atoms. The molecule has 0 heterocycles. The van der Waals surface area contributed by atoms with Gasteiger partial charge in [-0.2, -0.15) is 18.4 Å².